The monoisotopic (exact) mass is 286 g/mol. The van der Waals surface area contributed by atoms with Gasteiger partial charge in [-0.25, -0.2) is 0 Å². The summed E-state index contributed by atoms with van der Waals surface area (Å²) in [4.78, 5) is 2.55. The molecule has 2 aliphatic rings. The molecule has 3 N–H and O–H groups in total. The Morgan fingerprint density at radius 3 is 2.90 bits per heavy atom. The van der Waals surface area contributed by atoms with Crippen LogP contribution in [-0.4, -0.2) is 30.7 Å². The molecule has 1 aromatic carbocycles. The first kappa shape index (κ1) is 14.3. The van der Waals surface area contributed by atoms with Crippen molar-refractivity contribution in [2.24, 2.45) is 5.92 Å². The molecule has 114 valence electrons. The third-order valence-corrected chi connectivity index (χ3v) is 4.40. The molecule has 2 unspecified atom stereocenters. The first-order chi connectivity index (χ1) is 10.1. The van der Waals surface area contributed by atoms with E-state index in [-0.39, 0.29) is 0 Å². The van der Waals surface area contributed by atoms with Crippen LogP contribution < -0.4 is 16.0 Å². The molecule has 2 atom stereocenters. The zero-order valence-electron chi connectivity index (χ0n) is 13.2. The molecule has 0 bridgehead atoms. The Kier molecular flexibility index (Phi) is 4.06. The van der Waals surface area contributed by atoms with Gasteiger partial charge in [0.25, 0.3) is 0 Å². The highest BCUT2D eigenvalue weighted by molar-refractivity contribution is 5.78. The van der Waals surface area contributed by atoms with Gasteiger partial charge in [-0.3, -0.25) is 4.90 Å². The predicted octanol–water partition coefficient (Wildman–Crippen LogP) is 3.53. The molecule has 0 aromatic heterocycles. The van der Waals surface area contributed by atoms with Crippen LogP contribution >= 0.6 is 0 Å². The standard InChI is InChI=1S/C17H26N4/c1-4-13(3)18-14-5-6-15-16(9-14)20-17(19-15)11-21-8-7-12(2)10-21/h4-6,9,12,17-20H,7-8,10-11H2,1-3H3/b13-4+. The normalized spacial score (nSPS) is 25.4. The van der Waals surface area contributed by atoms with Crippen LogP contribution in [-0.2, 0) is 0 Å². The van der Waals surface area contributed by atoms with E-state index in [0.29, 0.717) is 6.17 Å². The predicted molar refractivity (Wildman–Crippen MR) is 90.8 cm³/mol. The molecule has 1 aromatic rings. The molecular weight excluding hydrogens is 260 g/mol. The van der Waals surface area contributed by atoms with Crippen molar-refractivity contribution in [1.29, 1.82) is 0 Å². The van der Waals surface area contributed by atoms with Crippen LogP contribution in [0.4, 0.5) is 17.1 Å². The molecule has 21 heavy (non-hydrogen) atoms. The SMILES string of the molecule is C/C=C(\C)Nc1ccc2c(c1)NC(CN1CCC(C)C1)N2. The van der Waals surface area contributed by atoms with Crippen molar-refractivity contribution in [2.75, 3.05) is 35.6 Å². The van der Waals surface area contributed by atoms with Crippen LogP contribution in [0.3, 0.4) is 0 Å². The third kappa shape index (κ3) is 3.32. The zero-order chi connectivity index (χ0) is 14.8. The molecule has 4 nitrogen and oxygen atoms in total. The van der Waals surface area contributed by atoms with Crippen LogP contribution in [0.25, 0.3) is 0 Å². The first-order valence-electron chi connectivity index (χ1n) is 7.93. The number of hydrogen-bond acceptors (Lipinski definition) is 4. The summed E-state index contributed by atoms with van der Waals surface area (Å²) < 4.78 is 0. The van der Waals surface area contributed by atoms with Crippen molar-refractivity contribution < 1.29 is 0 Å². The van der Waals surface area contributed by atoms with Crippen LogP contribution in [0.5, 0.6) is 0 Å². The van der Waals surface area contributed by atoms with Gasteiger partial charge in [-0.05, 0) is 50.9 Å². The highest BCUT2D eigenvalue weighted by Gasteiger charge is 2.25. The Labute approximate surface area is 127 Å². The average molecular weight is 286 g/mol. The van der Waals surface area contributed by atoms with Crippen molar-refractivity contribution >= 4 is 17.1 Å². The van der Waals surface area contributed by atoms with Gasteiger partial charge in [0.1, 0.15) is 6.17 Å². The number of nitrogens with zero attached hydrogens (tertiary/aromatic N) is 1. The smallest absolute Gasteiger partial charge is 0.110 e. The summed E-state index contributed by atoms with van der Waals surface area (Å²) >= 11 is 0. The molecule has 4 heteroatoms. The zero-order valence-corrected chi connectivity index (χ0v) is 13.2. The highest BCUT2D eigenvalue weighted by atomic mass is 15.3. The topological polar surface area (TPSA) is 39.3 Å². The Bertz CT molecular complexity index is 538. The van der Waals surface area contributed by atoms with Crippen LogP contribution in [0, 0.1) is 5.92 Å². The number of hydrogen-bond donors (Lipinski definition) is 3. The van der Waals surface area contributed by atoms with Crippen molar-refractivity contribution in [3.05, 3.63) is 30.0 Å². The summed E-state index contributed by atoms with van der Waals surface area (Å²) in [5.74, 6) is 0.841. The molecule has 0 amide bonds. The fraction of sp³-hybridized carbons (Fsp3) is 0.529. The lowest BCUT2D eigenvalue weighted by Gasteiger charge is -2.21. The molecular formula is C17H26N4. The summed E-state index contributed by atoms with van der Waals surface area (Å²) in [6, 6.07) is 6.46. The van der Waals surface area contributed by atoms with Gasteiger partial charge in [0.2, 0.25) is 0 Å². The van der Waals surface area contributed by atoms with E-state index >= 15 is 0 Å². The van der Waals surface area contributed by atoms with Crippen molar-refractivity contribution in [2.45, 2.75) is 33.4 Å². The molecule has 2 aliphatic heterocycles. The second-order valence-electron chi connectivity index (χ2n) is 6.35. The first-order valence-corrected chi connectivity index (χ1v) is 7.93. The van der Waals surface area contributed by atoms with Gasteiger partial charge in [-0.1, -0.05) is 13.0 Å². The highest BCUT2D eigenvalue weighted by Crippen LogP contribution is 2.32. The van der Waals surface area contributed by atoms with E-state index in [9.17, 15) is 0 Å². The second-order valence-corrected chi connectivity index (χ2v) is 6.35. The summed E-state index contributed by atoms with van der Waals surface area (Å²) in [7, 11) is 0. The van der Waals surface area contributed by atoms with Crippen LogP contribution in [0.2, 0.25) is 0 Å². The third-order valence-electron chi connectivity index (χ3n) is 4.40. The van der Waals surface area contributed by atoms with E-state index in [2.05, 4.69) is 59.0 Å². The van der Waals surface area contributed by atoms with E-state index in [0.717, 1.165) is 18.2 Å². The molecule has 0 spiro atoms. The molecule has 3 rings (SSSR count). The maximum Gasteiger partial charge on any atom is 0.110 e. The Morgan fingerprint density at radius 1 is 1.38 bits per heavy atom. The molecule has 1 saturated heterocycles. The largest absolute Gasteiger partial charge is 0.363 e. The number of likely N-dealkylation sites (tertiary alicyclic amines) is 1. The van der Waals surface area contributed by atoms with E-state index in [1.54, 1.807) is 0 Å². The van der Waals surface area contributed by atoms with E-state index < -0.39 is 0 Å². The number of allylic oxidation sites excluding steroid dienone is 2. The lowest BCUT2D eigenvalue weighted by atomic mass is 10.2. The summed E-state index contributed by atoms with van der Waals surface area (Å²) in [6.07, 6.45) is 3.73. The fourth-order valence-electron chi connectivity index (χ4n) is 3.12. The van der Waals surface area contributed by atoms with Gasteiger partial charge in [0, 0.05) is 24.5 Å². The van der Waals surface area contributed by atoms with Gasteiger partial charge in [0.05, 0.1) is 11.4 Å². The van der Waals surface area contributed by atoms with E-state index in [4.69, 9.17) is 0 Å². The quantitative estimate of drug-likeness (QED) is 0.792. The molecule has 0 aliphatic carbocycles. The maximum atomic E-state index is 3.60. The molecule has 1 fully saturated rings. The number of rotatable bonds is 4. The number of anilines is 3. The summed E-state index contributed by atoms with van der Waals surface area (Å²) in [6.45, 7) is 9.98. The van der Waals surface area contributed by atoms with Gasteiger partial charge in [-0.15, -0.1) is 0 Å². The van der Waals surface area contributed by atoms with Crippen LogP contribution in [0.15, 0.2) is 30.0 Å². The van der Waals surface area contributed by atoms with Gasteiger partial charge >= 0.3 is 0 Å². The molecule has 0 radical (unpaired) electrons. The molecule has 2 heterocycles. The minimum Gasteiger partial charge on any atom is -0.363 e. The van der Waals surface area contributed by atoms with Crippen LogP contribution in [0.1, 0.15) is 27.2 Å². The average Bonchev–Trinajstić information content (AvgIpc) is 3.04. The lowest BCUT2D eigenvalue weighted by Crippen LogP contribution is -2.37. The number of nitrogens with one attached hydrogen (secondary N) is 3. The fourth-order valence-corrected chi connectivity index (χ4v) is 3.12. The Hall–Kier alpha value is -1.68. The van der Waals surface area contributed by atoms with Crippen molar-refractivity contribution in [3.8, 4) is 0 Å². The van der Waals surface area contributed by atoms with E-state index in [1.165, 1.54) is 36.6 Å². The minimum atomic E-state index is 0.323. The van der Waals surface area contributed by atoms with Crippen molar-refractivity contribution in [3.63, 3.8) is 0 Å². The minimum absolute atomic E-state index is 0.323. The number of benzene rings is 1. The lowest BCUT2D eigenvalue weighted by molar-refractivity contribution is 0.321. The summed E-state index contributed by atoms with van der Waals surface area (Å²) in [5.41, 5.74) is 4.70. The van der Waals surface area contributed by atoms with Gasteiger partial charge in [-0.2, -0.15) is 0 Å². The van der Waals surface area contributed by atoms with Gasteiger partial charge in [0.15, 0.2) is 0 Å². The maximum absolute atomic E-state index is 3.60. The van der Waals surface area contributed by atoms with Gasteiger partial charge < -0.3 is 16.0 Å². The Balaban J connectivity index is 1.61. The Morgan fingerprint density at radius 2 is 2.19 bits per heavy atom. The second kappa shape index (κ2) is 5.98. The van der Waals surface area contributed by atoms with Crippen molar-refractivity contribution in [1.82, 2.24) is 4.90 Å². The molecule has 0 saturated carbocycles. The summed E-state index contributed by atoms with van der Waals surface area (Å²) in [5, 5.41) is 10.6. The van der Waals surface area contributed by atoms with E-state index in [1.807, 2.05) is 6.92 Å². The number of fused-ring (bicyclic) bond motifs is 1.